The number of fused-ring (bicyclic) bond motifs is 1. The zero-order valence-electron chi connectivity index (χ0n) is 23.7. The van der Waals surface area contributed by atoms with Crippen LogP contribution in [0.15, 0.2) is 58.2 Å². The van der Waals surface area contributed by atoms with Gasteiger partial charge in [0, 0.05) is 39.8 Å². The average Bonchev–Trinajstić information content (AvgIpc) is 3.31. The molecular weight excluding hydrogens is 544 g/mol. The van der Waals surface area contributed by atoms with Crippen molar-refractivity contribution in [2.24, 2.45) is 7.05 Å². The number of nitrogens with one attached hydrogen (secondary N) is 1. The molecule has 11 nitrogen and oxygen atoms in total. The van der Waals surface area contributed by atoms with Crippen LogP contribution in [0.2, 0.25) is 0 Å². The number of hydrogen-bond donors (Lipinski definition) is 1. The second-order valence-electron chi connectivity index (χ2n) is 10.1. The summed E-state index contributed by atoms with van der Waals surface area (Å²) < 4.78 is 42.4. The number of morpholine rings is 1. The third-order valence-corrected chi connectivity index (χ3v) is 9.13. The monoisotopic (exact) mass is 580 g/mol. The summed E-state index contributed by atoms with van der Waals surface area (Å²) >= 11 is 0. The minimum Gasteiger partial charge on any atom is -0.496 e. The van der Waals surface area contributed by atoms with E-state index in [1.807, 2.05) is 37.3 Å². The molecule has 0 bridgehead atoms. The highest BCUT2D eigenvalue weighted by molar-refractivity contribution is 7.89. The Labute approximate surface area is 239 Å². The predicted molar refractivity (Wildman–Crippen MR) is 156 cm³/mol. The lowest BCUT2D eigenvalue weighted by atomic mass is 10.1. The Morgan fingerprint density at radius 1 is 1.12 bits per heavy atom. The number of aryl methyl sites for hydroxylation is 2. The van der Waals surface area contributed by atoms with Crippen molar-refractivity contribution < 1.29 is 17.9 Å². The Morgan fingerprint density at radius 3 is 2.59 bits per heavy atom. The van der Waals surface area contributed by atoms with Crippen LogP contribution in [0.3, 0.4) is 0 Å². The van der Waals surface area contributed by atoms with Crippen molar-refractivity contribution in [3.8, 4) is 17.1 Å². The van der Waals surface area contributed by atoms with Gasteiger partial charge in [-0.1, -0.05) is 43.7 Å². The van der Waals surface area contributed by atoms with Crippen LogP contribution >= 0.6 is 0 Å². The molecule has 0 saturated carbocycles. The Morgan fingerprint density at radius 2 is 1.88 bits per heavy atom. The number of rotatable bonds is 11. The Kier molecular flexibility index (Phi) is 8.83. The van der Waals surface area contributed by atoms with Crippen LogP contribution in [0.4, 0.5) is 0 Å². The van der Waals surface area contributed by atoms with Crippen molar-refractivity contribution in [2.45, 2.75) is 31.2 Å². The molecule has 5 rings (SSSR count). The van der Waals surface area contributed by atoms with Gasteiger partial charge < -0.3 is 14.5 Å². The molecule has 3 heterocycles. The SMILES string of the molecule is CCCc1nn(C)c2c(=O)[nH]c(-c3cc(S(=O)(=O)N(CCN4CCOCC4)Cc4ccccc4)ccc3OC)nc12. The van der Waals surface area contributed by atoms with Crippen LogP contribution in [0.5, 0.6) is 5.75 Å². The van der Waals surface area contributed by atoms with E-state index in [0.29, 0.717) is 55.1 Å². The summed E-state index contributed by atoms with van der Waals surface area (Å²) in [5.74, 6) is 0.625. The molecule has 0 amide bonds. The van der Waals surface area contributed by atoms with Crippen molar-refractivity contribution in [3.05, 3.63) is 70.1 Å². The lowest BCUT2D eigenvalue weighted by Crippen LogP contribution is -2.42. The highest BCUT2D eigenvalue weighted by Gasteiger charge is 2.28. The summed E-state index contributed by atoms with van der Waals surface area (Å²) in [5.41, 5.74) is 2.51. The topological polar surface area (TPSA) is 123 Å². The Balaban J connectivity index is 1.55. The van der Waals surface area contributed by atoms with Crippen molar-refractivity contribution in [3.63, 3.8) is 0 Å². The first-order chi connectivity index (χ1) is 19.8. The maximum Gasteiger partial charge on any atom is 0.277 e. The molecule has 2 aromatic heterocycles. The fraction of sp³-hybridized carbons (Fsp3) is 0.414. The van der Waals surface area contributed by atoms with Gasteiger partial charge in [-0.05, 0) is 30.2 Å². The summed E-state index contributed by atoms with van der Waals surface area (Å²) in [5, 5.41) is 4.49. The Bertz CT molecular complexity index is 1660. The Hall–Kier alpha value is -3.58. The number of methoxy groups -OCH3 is 1. The van der Waals surface area contributed by atoms with Gasteiger partial charge in [0.1, 0.15) is 17.1 Å². The maximum atomic E-state index is 14.2. The van der Waals surface area contributed by atoms with E-state index in [1.165, 1.54) is 28.2 Å². The van der Waals surface area contributed by atoms with E-state index in [-0.39, 0.29) is 22.8 Å². The quantitative estimate of drug-likeness (QED) is 0.287. The smallest absolute Gasteiger partial charge is 0.277 e. The first-order valence-electron chi connectivity index (χ1n) is 13.8. The fourth-order valence-electron chi connectivity index (χ4n) is 5.11. The first kappa shape index (κ1) is 28.9. The third-order valence-electron chi connectivity index (χ3n) is 7.28. The molecule has 12 heteroatoms. The summed E-state index contributed by atoms with van der Waals surface area (Å²) in [6.07, 6.45) is 1.51. The molecule has 218 valence electrons. The molecule has 2 aromatic carbocycles. The summed E-state index contributed by atoms with van der Waals surface area (Å²) in [7, 11) is -0.725. The van der Waals surface area contributed by atoms with Crippen LogP contribution in [0.1, 0.15) is 24.6 Å². The summed E-state index contributed by atoms with van der Waals surface area (Å²) in [6.45, 7) is 5.97. The molecule has 1 aliphatic rings. The van der Waals surface area contributed by atoms with Gasteiger partial charge in [0.25, 0.3) is 5.56 Å². The van der Waals surface area contributed by atoms with Crippen molar-refractivity contribution >= 4 is 21.1 Å². The second kappa shape index (κ2) is 12.5. The molecule has 1 fully saturated rings. The van der Waals surface area contributed by atoms with Gasteiger partial charge in [0.15, 0.2) is 5.52 Å². The molecule has 0 radical (unpaired) electrons. The minimum absolute atomic E-state index is 0.0916. The lowest BCUT2D eigenvalue weighted by molar-refractivity contribution is 0.0361. The van der Waals surface area contributed by atoms with Crippen LogP contribution in [0.25, 0.3) is 22.4 Å². The van der Waals surface area contributed by atoms with Crippen LogP contribution in [-0.2, 0) is 34.8 Å². The number of benzene rings is 2. The number of ether oxygens (including phenoxy) is 2. The highest BCUT2D eigenvalue weighted by Crippen LogP contribution is 2.32. The van der Waals surface area contributed by atoms with E-state index in [1.54, 1.807) is 13.1 Å². The summed E-state index contributed by atoms with van der Waals surface area (Å²) in [4.78, 5) is 23.0. The number of H-pyrrole nitrogens is 1. The molecule has 41 heavy (non-hydrogen) atoms. The third kappa shape index (κ3) is 6.20. The molecular formula is C29H36N6O5S. The lowest BCUT2D eigenvalue weighted by Gasteiger charge is -2.30. The second-order valence-corrected chi connectivity index (χ2v) is 12.0. The zero-order valence-corrected chi connectivity index (χ0v) is 24.5. The van der Waals surface area contributed by atoms with Gasteiger partial charge in [0.2, 0.25) is 10.0 Å². The van der Waals surface area contributed by atoms with Crippen molar-refractivity contribution in [2.75, 3.05) is 46.5 Å². The molecule has 0 aliphatic carbocycles. The fourth-order valence-corrected chi connectivity index (χ4v) is 6.56. The number of nitrogens with zero attached hydrogens (tertiary/aromatic N) is 5. The predicted octanol–water partition coefficient (Wildman–Crippen LogP) is 2.81. The zero-order chi connectivity index (χ0) is 29.0. The van der Waals surface area contributed by atoms with Crippen molar-refractivity contribution in [1.82, 2.24) is 29.0 Å². The van der Waals surface area contributed by atoms with Crippen LogP contribution in [0, 0.1) is 0 Å². The van der Waals surface area contributed by atoms with E-state index in [0.717, 1.165) is 30.8 Å². The molecule has 0 unspecified atom stereocenters. The minimum atomic E-state index is -3.94. The van der Waals surface area contributed by atoms with Gasteiger partial charge in [-0.3, -0.25) is 14.4 Å². The normalized spacial score (nSPS) is 14.6. The van der Waals surface area contributed by atoms with Gasteiger partial charge >= 0.3 is 0 Å². The largest absolute Gasteiger partial charge is 0.496 e. The van der Waals surface area contributed by atoms with Gasteiger partial charge in [-0.15, -0.1) is 0 Å². The van der Waals surface area contributed by atoms with E-state index < -0.39 is 10.0 Å². The van der Waals surface area contributed by atoms with Gasteiger partial charge in [-0.25, -0.2) is 13.4 Å². The number of sulfonamides is 1. The average molecular weight is 581 g/mol. The molecule has 0 spiro atoms. The van der Waals surface area contributed by atoms with Crippen molar-refractivity contribution in [1.29, 1.82) is 0 Å². The molecule has 1 N–H and O–H groups in total. The maximum absolute atomic E-state index is 14.2. The molecule has 1 saturated heterocycles. The number of aromatic amines is 1. The van der Waals surface area contributed by atoms with Crippen LogP contribution < -0.4 is 10.3 Å². The molecule has 1 aliphatic heterocycles. The van der Waals surface area contributed by atoms with Gasteiger partial charge in [0.05, 0.1) is 36.5 Å². The van der Waals surface area contributed by atoms with E-state index in [2.05, 4.69) is 15.0 Å². The standard InChI is InChI=1S/C29H36N6O5S/c1-4-8-24-26-27(33(2)32-24)29(36)31-28(30-26)23-19-22(11-12-25(23)39-3)41(37,38)35(20-21-9-6-5-7-10-21)14-13-34-15-17-40-18-16-34/h5-7,9-12,19H,4,8,13-18,20H2,1-3H3,(H,30,31,36). The highest BCUT2D eigenvalue weighted by atomic mass is 32.2. The summed E-state index contributed by atoms with van der Waals surface area (Å²) in [6, 6.07) is 14.2. The first-order valence-corrected chi connectivity index (χ1v) is 15.2. The molecule has 0 atom stereocenters. The van der Waals surface area contributed by atoms with E-state index >= 15 is 0 Å². The molecule has 4 aromatic rings. The van der Waals surface area contributed by atoms with Gasteiger partial charge in [-0.2, -0.15) is 9.40 Å². The van der Waals surface area contributed by atoms with E-state index in [9.17, 15) is 13.2 Å². The number of hydrogen-bond acceptors (Lipinski definition) is 8. The van der Waals surface area contributed by atoms with Crippen LogP contribution in [-0.4, -0.2) is 83.9 Å². The number of aromatic nitrogens is 4. The van der Waals surface area contributed by atoms with E-state index in [4.69, 9.17) is 14.5 Å².